The molecule has 154 valence electrons. The standard InChI is InChI=1S/C21H20N4O5/c1-28-16-8-5-9-17(11-16)29-13-18(26)22-21-24-23-20(30-21)14-10-19(27)25(12-14)15-6-3-2-4-7-15/h2-9,11,14H,10,12-13H2,1H3,(H,22,24,26). The molecule has 0 spiro atoms. The number of amides is 2. The molecule has 2 heterocycles. The molecule has 0 aliphatic carbocycles. The maximum atomic E-state index is 12.3. The number of nitrogens with zero attached hydrogens (tertiary/aromatic N) is 3. The van der Waals surface area contributed by atoms with Crippen LogP contribution in [0, 0.1) is 0 Å². The summed E-state index contributed by atoms with van der Waals surface area (Å²) in [6.45, 7) is 0.214. The minimum absolute atomic E-state index is 0.0123. The Bertz CT molecular complexity index is 1040. The van der Waals surface area contributed by atoms with Gasteiger partial charge in [0.1, 0.15) is 11.5 Å². The average molecular weight is 408 g/mol. The average Bonchev–Trinajstić information content (AvgIpc) is 3.39. The number of anilines is 2. The first kappa shape index (κ1) is 19.4. The maximum Gasteiger partial charge on any atom is 0.322 e. The first-order chi connectivity index (χ1) is 14.6. The highest BCUT2D eigenvalue weighted by Crippen LogP contribution is 2.31. The molecule has 2 amide bonds. The summed E-state index contributed by atoms with van der Waals surface area (Å²) in [4.78, 5) is 26.1. The van der Waals surface area contributed by atoms with Crippen molar-refractivity contribution in [3.05, 3.63) is 60.5 Å². The fourth-order valence-corrected chi connectivity index (χ4v) is 3.18. The number of hydrogen-bond donors (Lipinski definition) is 1. The van der Waals surface area contributed by atoms with Gasteiger partial charge in [-0.25, -0.2) is 0 Å². The molecule has 1 aliphatic rings. The molecule has 9 nitrogen and oxygen atoms in total. The summed E-state index contributed by atoms with van der Waals surface area (Å²) in [5.41, 5.74) is 0.827. The van der Waals surface area contributed by atoms with E-state index < -0.39 is 5.91 Å². The Labute approximate surface area is 172 Å². The van der Waals surface area contributed by atoms with Gasteiger partial charge in [-0.2, -0.15) is 0 Å². The second-order valence-electron chi connectivity index (χ2n) is 6.70. The number of methoxy groups -OCH3 is 1. The smallest absolute Gasteiger partial charge is 0.322 e. The van der Waals surface area contributed by atoms with Gasteiger partial charge in [0.05, 0.1) is 13.0 Å². The van der Waals surface area contributed by atoms with Crippen LogP contribution < -0.4 is 19.7 Å². The van der Waals surface area contributed by atoms with Gasteiger partial charge in [0.25, 0.3) is 5.91 Å². The normalized spacial score (nSPS) is 15.8. The number of nitrogens with one attached hydrogen (secondary N) is 1. The van der Waals surface area contributed by atoms with Crippen LogP contribution in [0.25, 0.3) is 0 Å². The van der Waals surface area contributed by atoms with E-state index in [2.05, 4.69) is 15.5 Å². The molecule has 1 saturated heterocycles. The second-order valence-corrected chi connectivity index (χ2v) is 6.70. The molecule has 4 rings (SSSR count). The third kappa shape index (κ3) is 4.40. The monoisotopic (exact) mass is 408 g/mol. The van der Waals surface area contributed by atoms with E-state index >= 15 is 0 Å². The minimum Gasteiger partial charge on any atom is -0.497 e. The van der Waals surface area contributed by atoms with Crippen LogP contribution in [0.15, 0.2) is 59.0 Å². The van der Waals surface area contributed by atoms with E-state index in [0.29, 0.717) is 23.9 Å². The molecule has 1 aliphatic heterocycles. The van der Waals surface area contributed by atoms with Crippen LogP contribution in [0.1, 0.15) is 18.2 Å². The topological polar surface area (TPSA) is 107 Å². The summed E-state index contributed by atoms with van der Waals surface area (Å²) >= 11 is 0. The van der Waals surface area contributed by atoms with E-state index in [0.717, 1.165) is 5.69 Å². The highest BCUT2D eigenvalue weighted by molar-refractivity contribution is 5.96. The van der Waals surface area contributed by atoms with Gasteiger partial charge < -0.3 is 18.8 Å². The van der Waals surface area contributed by atoms with Crippen molar-refractivity contribution >= 4 is 23.5 Å². The second kappa shape index (κ2) is 8.64. The lowest BCUT2D eigenvalue weighted by Crippen LogP contribution is -2.24. The Balaban J connectivity index is 1.33. The lowest BCUT2D eigenvalue weighted by molar-refractivity contribution is -0.118. The summed E-state index contributed by atoms with van der Waals surface area (Å²) < 4.78 is 16.1. The Morgan fingerprint density at radius 1 is 1.17 bits per heavy atom. The summed E-state index contributed by atoms with van der Waals surface area (Å²) in [7, 11) is 1.55. The largest absolute Gasteiger partial charge is 0.497 e. The molecule has 1 atom stereocenters. The molecule has 0 saturated carbocycles. The number of para-hydroxylation sites is 1. The van der Waals surface area contributed by atoms with Gasteiger partial charge in [-0.15, -0.1) is 5.10 Å². The Morgan fingerprint density at radius 3 is 2.77 bits per heavy atom. The van der Waals surface area contributed by atoms with E-state index in [4.69, 9.17) is 13.9 Å². The third-order valence-electron chi connectivity index (χ3n) is 4.64. The number of ether oxygens (including phenoxy) is 2. The first-order valence-corrected chi connectivity index (χ1v) is 9.38. The molecule has 1 N–H and O–H groups in total. The highest BCUT2D eigenvalue weighted by Gasteiger charge is 2.35. The van der Waals surface area contributed by atoms with Gasteiger partial charge in [-0.1, -0.05) is 29.4 Å². The maximum absolute atomic E-state index is 12.3. The lowest BCUT2D eigenvalue weighted by atomic mass is 10.1. The highest BCUT2D eigenvalue weighted by atomic mass is 16.5. The molecule has 1 fully saturated rings. The number of benzene rings is 2. The van der Waals surface area contributed by atoms with E-state index in [1.54, 1.807) is 36.3 Å². The zero-order valence-corrected chi connectivity index (χ0v) is 16.3. The van der Waals surface area contributed by atoms with Crippen molar-refractivity contribution in [2.75, 3.05) is 30.5 Å². The minimum atomic E-state index is -0.443. The Hall–Kier alpha value is -3.88. The molecular weight excluding hydrogens is 388 g/mol. The van der Waals surface area contributed by atoms with Crippen LogP contribution in [-0.2, 0) is 9.59 Å². The van der Waals surface area contributed by atoms with Crippen LogP contribution in [0.3, 0.4) is 0 Å². The van der Waals surface area contributed by atoms with E-state index in [1.807, 2.05) is 30.3 Å². The fraction of sp³-hybridized carbons (Fsp3) is 0.238. The summed E-state index contributed by atoms with van der Waals surface area (Å²) in [6, 6.07) is 16.3. The van der Waals surface area contributed by atoms with Crippen molar-refractivity contribution < 1.29 is 23.5 Å². The van der Waals surface area contributed by atoms with Crippen LogP contribution in [0.4, 0.5) is 11.7 Å². The first-order valence-electron chi connectivity index (χ1n) is 9.38. The predicted molar refractivity (Wildman–Crippen MR) is 108 cm³/mol. The fourth-order valence-electron chi connectivity index (χ4n) is 3.18. The molecule has 0 bridgehead atoms. The molecule has 2 aromatic carbocycles. The van der Waals surface area contributed by atoms with Crippen molar-refractivity contribution in [2.24, 2.45) is 0 Å². The van der Waals surface area contributed by atoms with Gasteiger partial charge in [0.2, 0.25) is 11.8 Å². The molecule has 3 aromatic rings. The molecule has 0 radical (unpaired) electrons. The summed E-state index contributed by atoms with van der Waals surface area (Å²) in [6.07, 6.45) is 0.267. The number of carbonyl (C=O) groups is 2. The van der Waals surface area contributed by atoms with Crippen molar-refractivity contribution in [1.82, 2.24) is 10.2 Å². The van der Waals surface area contributed by atoms with Gasteiger partial charge in [0, 0.05) is 24.7 Å². The summed E-state index contributed by atoms with van der Waals surface area (Å²) in [5.74, 6) is 0.754. The van der Waals surface area contributed by atoms with Crippen molar-refractivity contribution in [3.8, 4) is 11.5 Å². The van der Waals surface area contributed by atoms with Crippen molar-refractivity contribution in [2.45, 2.75) is 12.3 Å². The quantitative estimate of drug-likeness (QED) is 0.640. The number of carbonyl (C=O) groups excluding carboxylic acids is 2. The van der Waals surface area contributed by atoms with Gasteiger partial charge in [-0.05, 0) is 24.3 Å². The van der Waals surface area contributed by atoms with Crippen LogP contribution in [0.2, 0.25) is 0 Å². The van der Waals surface area contributed by atoms with Gasteiger partial charge >= 0.3 is 6.01 Å². The third-order valence-corrected chi connectivity index (χ3v) is 4.64. The number of hydrogen-bond acceptors (Lipinski definition) is 7. The lowest BCUT2D eigenvalue weighted by Gasteiger charge is -2.15. The molecule has 1 unspecified atom stereocenters. The zero-order chi connectivity index (χ0) is 20.9. The van der Waals surface area contributed by atoms with E-state index in [1.165, 1.54) is 0 Å². The van der Waals surface area contributed by atoms with Gasteiger partial charge in [0.15, 0.2) is 6.61 Å². The van der Waals surface area contributed by atoms with Crippen molar-refractivity contribution in [1.29, 1.82) is 0 Å². The van der Waals surface area contributed by atoms with E-state index in [9.17, 15) is 9.59 Å². The molecular formula is C21H20N4O5. The zero-order valence-electron chi connectivity index (χ0n) is 16.3. The molecule has 1 aromatic heterocycles. The number of aromatic nitrogens is 2. The van der Waals surface area contributed by atoms with Crippen LogP contribution >= 0.6 is 0 Å². The summed E-state index contributed by atoms with van der Waals surface area (Å²) in [5, 5.41) is 10.3. The predicted octanol–water partition coefficient (Wildman–Crippen LogP) is 2.62. The van der Waals surface area contributed by atoms with Crippen LogP contribution in [0.5, 0.6) is 11.5 Å². The number of rotatable bonds is 7. The molecule has 9 heteroatoms. The van der Waals surface area contributed by atoms with Crippen molar-refractivity contribution in [3.63, 3.8) is 0 Å². The molecule has 30 heavy (non-hydrogen) atoms. The SMILES string of the molecule is COc1cccc(OCC(=O)Nc2nnc(C3CC(=O)N(c4ccccc4)C3)o2)c1. The van der Waals surface area contributed by atoms with Crippen LogP contribution in [-0.4, -0.2) is 42.3 Å². The Morgan fingerprint density at radius 2 is 1.97 bits per heavy atom. The van der Waals surface area contributed by atoms with Gasteiger partial charge in [-0.3, -0.25) is 14.9 Å². The Kier molecular flexibility index (Phi) is 5.60. The van der Waals surface area contributed by atoms with E-state index in [-0.39, 0.29) is 30.9 Å².